The van der Waals surface area contributed by atoms with Crippen LogP contribution in [0.15, 0.2) is 47.4 Å². The smallest absolute Gasteiger partial charge is 0.338 e. The van der Waals surface area contributed by atoms with Crippen LogP contribution in [-0.2, 0) is 4.74 Å². The van der Waals surface area contributed by atoms with Gasteiger partial charge in [-0.1, -0.05) is 17.7 Å². The van der Waals surface area contributed by atoms with Crippen molar-refractivity contribution in [3.8, 4) is 0 Å². The maximum Gasteiger partial charge on any atom is 0.338 e. The van der Waals surface area contributed by atoms with Gasteiger partial charge >= 0.3 is 5.97 Å². The van der Waals surface area contributed by atoms with Gasteiger partial charge in [-0.3, -0.25) is 9.78 Å². The molecule has 0 fully saturated rings. The number of rotatable bonds is 1. The summed E-state index contributed by atoms with van der Waals surface area (Å²) < 4.78 is 4.81. The second-order valence-electron chi connectivity index (χ2n) is 4.51. The number of esters is 1. The Kier molecular flexibility index (Phi) is 3.31. The van der Waals surface area contributed by atoms with Gasteiger partial charge in [0.1, 0.15) is 5.52 Å². The average molecular weight is 300 g/mol. The van der Waals surface area contributed by atoms with E-state index in [2.05, 4.69) is 4.98 Å². The number of ether oxygens (including phenoxy) is 1. The second-order valence-corrected chi connectivity index (χ2v) is 4.95. The quantitative estimate of drug-likeness (QED) is 0.648. The van der Waals surface area contributed by atoms with Crippen LogP contribution >= 0.6 is 11.6 Å². The van der Waals surface area contributed by atoms with Crippen molar-refractivity contribution >= 4 is 39.2 Å². The van der Waals surface area contributed by atoms with Gasteiger partial charge in [-0.05, 0) is 30.3 Å². The second kappa shape index (κ2) is 5.14. The van der Waals surface area contributed by atoms with Gasteiger partial charge in [0.2, 0.25) is 5.43 Å². The zero-order chi connectivity index (χ0) is 15.0. The summed E-state index contributed by atoms with van der Waals surface area (Å²) >= 11 is 6.00. The molecular formula is C16H10ClNO3. The van der Waals surface area contributed by atoms with Crippen molar-refractivity contribution in [3.05, 3.63) is 63.4 Å². The molecule has 0 aliphatic heterocycles. The lowest BCUT2D eigenvalue weighted by atomic mass is 10.1. The minimum Gasteiger partial charge on any atom is -0.465 e. The first kappa shape index (κ1) is 13.5. The predicted octanol–water partition coefficient (Wildman–Crippen LogP) is 3.19. The number of halogens is 1. The fourth-order valence-electron chi connectivity index (χ4n) is 2.30. The molecule has 0 saturated heterocycles. The van der Waals surface area contributed by atoms with Gasteiger partial charge in [0, 0.05) is 27.4 Å². The van der Waals surface area contributed by atoms with E-state index < -0.39 is 5.97 Å². The summed E-state index contributed by atoms with van der Waals surface area (Å²) in [7, 11) is 1.30. The Morgan fingerprint density at radius 3 is 2.76 bits per heavy atom. The SMILES string of the molecule is COC(=O)c1cc2cccnc2c(=O)c2ccc(Cl)cc12. The molecule has 0 bridgehead atoms. The highest BCUT2D eigenvalue weighted by Gasteiger charge is 2.14. The minimum atomic E-state index is -0.525. The number of nitrogens with zero attached hydrogens (tertiary/aromatic N) is 1. The lowest BCUT2D eigenvalue weighted by molar-refractivity contribution is 0.0603. The number of methoxy groups -OCH3 is 1. The van der Waals surface area contributed by atoms with Crippen LogP contribution in [-0.4, -0.2) is 18.1 Å². The molecular weight excluding hydrogens is 290 g/mol. The van der Waals surface area contributed by atoms with E-state index in [1.807, 2.05) is 0 Å². The molecule has 0 N–H and O–H groups in total. The molecule has 0 spiro atoms. The molecule has 0 atom stereocenters. The van der Waals surface area contributed by atoms with Gasteiger partial charge in [-0.2, -0.15) is 0 Å². The van der Waals surface area contributed by atoms with Crippen molar-refractivity contribution in [2.45, 2.75) is 0 Å². The Morgan fingerprint density at radius 1 is 1.19 bits per heavy atom. The molecule has 0 unspecified atom stereocenters. The zero-order valence-electron chi connectivity index (χ0n) is 11.1. The molecule has 0 radical (unpaired) electrons. The van der Waals surface area contributed by atoms with Crippen LogP contribution in [0.3, 0.4) is 0 Å². The Hall–Kier alpha value is -2.46. The molecule has 5 heteroatoms. The molecule has 0 amide bonds. The van der Waals surface area contributed by atoms with Crippen molar-refractivity contribution in [1.82, 2.24) is 4.98 Å². The molecule has 1 aromatic heterocycles. The van der Waals surface area contributed by atoms with Crippen molar-refractivity contribution in [2.24, 2.45) is 0 Å². The summed E-state index contributed by atoms with van der Waals surface area (Å²) in [6.45, 7) is 0. The number of aromatic nitrogens is 1. The number of hydrogen-bond acceptors (Lipinski definition) is 4. The summed E-state index contributed by atoms with van der Waals surface area (Å²) in [6, 6.07) is 9.84. The van der Waals surface area contributed by atoms with Gasteiger partial charge in [0.15, 0.2) is 0 Å². The molecule has 3 aromatic rings. The molecule has 2 aromatic carbocycles. The highest BCUT2D eigenvalue weighted by Crippen LogP contribution is 2.23. The van der Waals surface area contributed by atoms with E-state index in [0.29, 0.717) is 26.7 Å². The van der Waals surface area contributed by atoms with Gasteiger partial charge in [-0.25, -0.2) is 4.79 Å². The molecule has 0 aliphatic carbocycles. The molecule has 21 heavy (non-hydrogen) atoms. The predicted molar refractivity (Wildman–Crippen MR) is 81.9 cm³/mol. The standard InChI is InChI=1S/C16H10ClNO3/c1-21-16(20)13-7-9-3-2-6-18-14(9)15(19)11-5-4-10(17)8-12(11)13/h2-8H,1H3. The average Bonchev–Trinajstić information content (AvgIpc) is 2.62. The summed E-state index contributed by atoms with van der Waals surface area (Å²) in [5.41, 5.74) is 0.350. The summed E-state index contributed by atoms with van der Waals surface area (Å²) in [5, 5.41) is 1.86. The number of benzene rings is 1. The van der Waals surface area contributed by atoms with E-state index in [9.17, 15) is 9.59 Å². The Morgan fingerprint density at radius 2 is 2.00 bits per heavy atom. The van der Waals surface area contributed by atoms with Gasteiger partial charge in [-0.15, -0.1) is 0 Å². The van der Waals surface area contributed by atoms with Crippen LogP contribution in [0.4, 0.5) is 0 Å². The fraction of sp³-hybridized carbons (Fsp3) is 0.0625. The van der Waals surface area contributed by atoms with E-state index >= 15 is 0 Å². The van der Waals surface area contributed by atoms with Crippen molar-refractivity contribution in [2.75, 3.05) is 7.11 Å². The third-order valence-electron chi connectivity index (χ3n) is 3.28. The number of hydrogen-bond donors (Lipinski definition) is 0. The molecule has 0 saturated carbocycles. The summed E-state index contributed by atoms with van der Waals surface area (Å²) in [4.78, 5) is 28.8. The van der Waals surface area contributed by atoms with Crippen LogP contribution in [0.1, 0.15) is 10.4 Å². The van der Waals surface area contributed by atoms with Crippen LogP contribution < -0.4 is 5.43 Å². The lowest BCUT2D eigenvalue weighted by Crippen LogP contribution is -2.02. The third kappa shape index (κ3) is 2.23. The van der Waals surface area contributed by atoms with E-state index in [0.717, 1.165) is 0 Å². The minimum absolute atomic E-state index is 0.243. The van der Waals surface area contributed by atoms with Crippen molar-refractivity contribution in [3.63, 3.8) is 0 Å². The summed E-state index contributed by atoms with van der Waals surface area (Å²) in [5.74, 6) is -0.525. The molecule has 3 rings (SSSR count). The van der Waals surface area contributed by atoms with E-state index in [4.69, 9.17) is 16.3 Å². The highest BCUT2D eigenvalue weighted by atomic mass is 35.5. The number of fused-ring (bicyclic) bond motifs is 2. The van der Waals surface area contributed by atoms with Crippen LogP contribution in [0.25, 0.3) is 21.7 Å². The Bertz CT molecular complexity index is 937. The van der Waals surface area contributed by atoms with E-state index in [1.165, 1.54) is 7.11 Å². The monoisotopic (exact) mass is 299 g/mol. The third-order valence-corrected chi connectivity index (χ3v) is 3.51. The van der Waals surface area contributed by atoms with Crippen LogP contribution in [0, 0.1) is 0 Å². The molecule has 4 nitrogen and oxygen atoms in total. The largest absolute Gasteiger partial charge is 0.465 e. The van der Waals surface area contributed by atoms with E-state index in [-0.39, 0.29) is 11.0 Å². The van der Waals surface area contributed by atoms with Crippen LogP contribution in [0.5, 0.6) is 0 Å². The first-order chi connectivity index (χ1) is 10.1. The van der Waals surface area contributed by atoms with Gasteiger partial charge < -0.3 is 4.74 Å². The summed E-state index contributed by atoms with van der Waals surface area (Å²) in [6.07, 6.45) is 1.54. The number of pyridine rings is 1. The maximum atomic E-state index is 12.6. The fourth-order valence-corrected chi connectivity index (χ4v) is 2.47. The lowest BCUT2D eigenvalue weighted by Gasteiger charge is -2.01. The maximum absolute atomic E-state index is 12.6. The van der Waals surface area contributed by atoms with Crippen molar-refractivity contribution < 1.29 is 9.53 Å². The van der Waals surface area contributed by atoms with Gasteiger partial charge in [0.25, 0.3) is 0 Å². The topological polar surface area (TPSA) is 56.3 Å². The van der Waals surface area contributed by atoms with Gasteiger partial charge in [0.05, 0.1) is 12.7 Å². The zero-order valence-corrected chi connectivity index (χ0v) is 11.8. The van der Waals surface area contributed by atoms with E-state index in [1.54, 1.807) is 42.6 Å². The molecule has 0 aliphatic rings. The van der Waals surface area contributed by atoms with Crippen LogP contribution in [0.2, 0.25) is 5.02 Å². The Balaban J connectivity index is 2.64. The first-order valence-electron chi connectivity index (χ1n) is 6.21. The number of carbonyl (C=O) groups is 1. The number of carbonyl (C=O) groups excluding carboxylic acids is 1. The first-order valence-corrected chi connectivity index (χ1v) is 6.59. The highest BCUT2D eigenvalue weighted by molar-refractivity contribution is 6.31. The molecule has 1 heterocycles. The normalized spacial score (nSPS) is 10.8. The Labute approximate surface area is 124 Å². The van der Waals surface area contributed by atoms with Crippen molar-refractivity contribution in [1.29, 1.82) is 0 Å². The molecule has 104 valence electrons.